The lowest BCUT2D eigenvalue weighted by atomic mass is 10.2. The van der Waals surface area contributed by atoms with Gasteiger partial charge in [-0.05, 0) is 11.6 Å². The first-order chi connectivity index (χ1) is 10.8. The first-order valence-corrected chi connectivity index (χ1v) is 6.82. The Morgan fingerprint density at radius 2 is 1.73 bits per heavy atom. The van der Waals surface area contributed by atoms with Crippen LogP contribution >= 0.6 is 0 Å². The van der Waals surface area contributed by atoms with Crippen LogP contribution in [0, 0.1) is 10.1 Å². The SMILES string of the molecule is O=[N+]([O-])c1cccc(OCOCCOCc2ccccc2)c1. The summed E-state index contributed by atoms with van der Waals surface area (Å²) in [5.74, 6) is 0.402. The van der Waals surface area contributed by atoms with Crippen molar-refractivity contribution in [3.05, 3.63) is 70.3 Å². The number of hydrogen-bond acceptors (Lipinski definition) is 5. The Hall–Kier alpha value is -2.44. The number of nitro benzene ring substituents is 1. The topological polar surface area (TPSA) is 70.8 Å². The van der Waals surface area contributed by atoms with Gasteiger partial charge in [0.15, 0.2) is 6.79 Å². The number of rotatable bonds is 9. The molecule has 6 nitrogen and oxygen atoms in total. The first kappa shape index (κ1) is 15.9. The van der Waals surface area contributed by atoms with Crippen LogP contribution in [0.15, 0.2) is 54.6 Å². The zero-order valence-corrected chi connectivity index (χ0v) is 12.0. The lowest BCUT2D eigenvalue weighted by Gasteiger charge is -2.08. The molecule has 0 spiro atoms. The van der Waals surface area contributed by atoms with Gasteiger partial charge < -0.3 is 14.2 Å². The summed E-state index contributed by atoms with van der Waals surface area (Å²) in [5.41, 5.74) is 1.10. The molecule has 0 amide bonds. The van der Waals surface area contributed by atoms with Crippen molar-refractivity contribution in [2.45, 2.75) is 6.61 Å². The van der Waals surface area contributed by atoms with Crippen LogP contribution in [0.25, 0.3) is 0 Å². The van der Waals surface area contributed by atoms with Crippen LogP contribution in [0.5, 0.6) is 5.75 Å². The van der Waals surface area contributed by atoms with Gasteiger partial charge in [-0.3, -0.25) is 10.1 Å². The molecular weight excluding hydrogens is 286 g/mol. The Morgan fingerprint density at radius 1 is 0.955 bits per heavy atom. The molecule has 0 unspecified atom stereocenters. The molecule has 2 aromatic rings. The lowest BCUT2D eigenvalue weighted by molar-refractivity contribution is -0.385. The molecule has 0 aromatic heterocycles. The van der Waals surface area contributed by atoms with E-state index in [9.17, 15) is 10.1 Å². The van der Waals surface area contributed by atoms with E-state index in [2.05, 4.69) is 0 Å². The summed E-state index contributed by atoms with van der Waals surface area (Å²) in [6.07, 6.45) is 0. The number of nitro groups is 1. The predicted octanol–water partition coefficient (Wildman–Crippen LogP) is 3.16. The van der Waals surface area contributed by atoms with Gasteiger partial charge in [-0.15, -0.1) is 0 Å². The van der Waals surface area contributed by atoms with Crippen molar-refractivity contribution >= 4 is 5.69 Å². The third kappa shape index (κ3) is 5.51. The average molecular weight is 303 g/mol. The molecule has 0 aliphatic heterocycles. The molecule has 0 radical (unpaired) electrons. The minimum absolute atomic E-state index is 0.0105. The maximum absolute atomic E-state index is 10.6. The Kier molecular flexibility index (Phi) is 6.35. The highest BCUT2D eigenvalue weighted by Gasteiger charge is 2.05. The van der Waals surface area contributed by atoms with Gasteiger partial charge >= 0.3 is 0 Å². The quantitative estimate of drug-likeness (QED) is 0.308. The smallest absolute Gasteiger partial charge is 0.273 e. The van der Waals surface area contributed by atoms with E-state index in [0.29, 0.717) is 25.6 Å². The average Bonchev–Trinajstić information content (AvgIpc) is 2.55. The fraction of sp³-hybridized carbons (Fsp3) is 0.250. The molecule has 0 saturated heterocycles. The van der Waals surface area contributed by atoms with Crippen LogP contribution in [0.2, 0.25) is 0 Å². The molecule has 0 aliphatic carbocycles. The molecule has 0 N–H and O–H groups in total. The lowest BCUT2D eigenvalue weighted by Crippen LogP contribution is -2.09. The third-order valence-electron chi connectivity index (χ3n) is 2.82. The van der Waals surface area contributed by atoms with E-state index in [1.807, 2.05) is 30.3 Å². The number of nitrogens with zero attached hydrogens (tertiary/aromatic N) is 1. The second kappa shape index (κ2) is 8.76. The van der Waals surface area contributed by atoms with Crippen molar-refractivity contribution < 1.29 is 19.1 Å². The third-order valence-corrected chi connectivity index (χ3v) is 2.82. The minimum Gasteiger partial charge on any atom is -0.467 e. The standard InChI is InChI=1S/C16H17NO5/c18-17(19)15-7-4-8-16(11-15)22-13-21-10-9-20-12-14-5-2-1-3-6-14/h1-8,11H,9-10,12-13H2. The van der Waals surface area contributed by atoms with Crippen molar-refractivity contribution in [1.29, 1.82) is 0 Å². The second-order valence-corrected chi connectivity index (χ2v) is 4.46. The molecule has 0 fully saturated rings. The largest absolute Gasteiger partial charge is 0.467 e. The maximum atomic E-state index is 10.6. The van der Waals surface area contributed by atoms with E-state index in [-0.39, 0.29) is 12.5 Å². The molecule has 2 aromatic carbocycles. The number of benzene rings is 2. The van der Waals surface area contributed by atoms with Crippen molar-refractivity contribution in [3.63, 3.8) is 0 Å². The van der Waals surface area contributed by atoms with Crippen LogP contribution in [0.3, 0.4) is 0 Å². The zero-order chi connectivity index (χ0) is 15.6. The summed E-state index contributed by atoms with van der Waals surface area (Å²) in [5, 5.41) is 10.6. The Bertz CT molecular complexity index is 588. The van der Waals surface area contributed by atoms with Gasteiger partial charge in [0.25, 0.3) is 5.69 Å². The Morgan fingerprint density at radius 3 is 2.50 bits per heavy atom. The summed E-state index contributed by atoms with van der Waals surface area (Å²) < 4.78 is 16.0. The summed E-state index contributed by atoms with van der Waals surface area (Å²) in [4.78, 5) is 10.2. The van der Waals surface area contributed by atoms with E-state index in [1.165, 1.54) is 12.1 Å². The monoisotopic (exact) mass is 303 g/mol. The number of hydrogen-bond donors (Lipinski definition) is 0. The summed E-state index contributed by atoms with van der Waals surface area (Å²) in [6.45, 7) is 1.40. The highest BCUT2D eigenvalue weighted by molar-refractivity contribution is 5.37. The molecule has 22 heavy (non-hydrogen) atoms. The van der Waals surface area contributed by atoms with Crippen molar-refractivity contribution in [1.82, 2.24) is 0 Å². The normalized spacial score (nSPS) is 10.4. The number of non-ortho nitro benzene ring substituents is 1. The van der Waals surface area contributed by atoms with Crippen molar-refractivity contribution in [2.75, 3.05) is 20.0 Å². The second-order valence-electron chi connectivity index (χ2n) is 4.46. The van der Waals surface area contributed by atoms with Crippen LogP contribution in [0.4, 0.5) is 5.69 Å². The molecule has 2 rings (SSSR count). The molecule has 116 valence electrons. The van der Waals surface area contributed by atoms with E-state index >= 15 is 0 Å². The van der Waals surface area contributed by atoms with Crippen molar-refractivity contribution in [2.24, 2.45) is 0 Å². The van der Waals surface area contributed by atoms with Crippen LogP contribution < -0.4 is 4.74 Å². The molecule has 0 atom stereocenters. The maximum Gasteiger partial charge on any atom is 0.273 e. The number of ether oxygens (including phenoxy) is 3. The van der Waals surface area contributed by atoms with Gasteiger partial charge in [-0.2, -0.15) is 0 Å². The predicted molar refractivity (Wildman–Crippen MR) is 80.6 cm³/mol. The van der Waals surface area contributed by atoms with Crippen LogP contribution in [-0.4, -0.2) is 24.9 Å². The highest BCUT2D eigenvalue weighted by Crippen LogP contribution is 2.18. The molecule has 0 saturated carbocycles. The fourth-order valence-corrected chi connectivity index (χ4v) is 1.74. The van der Waals surface area contributed by atoms with Gasteiger partial charge in [0.1, 0.15) is 5.75 Å². The highest BCUT2D eigenvalue weighted by atomic mass is 16.7. The Balaban J connectivity index is 1.58. The molecule has 0 bridgehead atoms. The summed E-state index contributed by atoms with van der Waals surface area (Å²) in [7, 11) is 0. The summed E-state index contributed by atoms with van der Waals surface area (Å²) in [6, 6.07) is 15.8. The molecule has 0 heterocycles. The van der Waals surface area contributed by atoms with E-state index in [4.69, 9.17) is 14.2 Å². The van der Waals surface area contributed by atoms with E-state index in [0.717, 1.165) is 5.56 Å². The minimum atomic E-state index is -0.467. The molecular formula is C16H17NO5. The van der Waals surface area contributed by atoms with Gasteiger partial charge in [0.2, 0.25) is 0 Å². The summed E-state index contributed by atoms with van der Waals surface area (Å²) >= 11 is 0. The van der Waals surface area contributed by atoms with Gasteiger partial charge in [-0.1, -0.05) is 36.4 Å². The molecule has 0 aliphatic rings. The van der Waals surface area contributed by atoms with E-state index in [1.54, 1.807) is 12.1 Å². The zero-order valence-electron chi connectivity index (χ0n) is 12.0. The fourth-order valence-electron chi connectivity index (χ4n) is 1.74. The molecule has 6 heteroatoms. The Labute approximate surface area is 128 Å². The van der Waals surface area contributed by atoms with Crippen LogP contribution in [-0.2, 0) is 16.1 Å². The van der Waals surface area contributed by atoms with Crippen LogP contribution in [0.1, 0.15) is 5.56 Å². The van der Waals surface area contributed by atoms with Gasteiger partial charge in [0, 0.05) is 6.07 Å². The van der Waals surface area contributed by atoms with E-state index < -0.39 is 4.92 Å². The van der Waals surface area contributed by atoms with Crippen molar-refractivity contribution in [3.8, 4) is 5.75 Å². The van der Waals surface area contributed by atoms with Gasteiger partial charge in [0.05, 0.1) is 30.8 Å². The van der Waals surface area contributed by atoms with Gasteiger partial charge in [-0.25, -0.2) is 0 Å². The first-order valence-electron chi connectivity index (χ1n) is 6.82.